The van der Waals surface area contributed by atoms with E-state index in [-0.39, 0.29) is 0 Å². The highest BCUT2D eigenvalue weighted by Crippen LogP contribution is 2.34. The van der Waals surface area contributed by atoms with Crippen LogP contribution in [0.3, 0.4) is 0 Å². The van der Waals surface area contributed by atoms with E-state index in [4.69, 9.17) is 0 Å². The van der Waals surface area contributed by atoms with Crippen molar-refractivity contribution < 1.29 is 0 Å². The van der Waals surface area contributed by atoms with Crippen LogP contribution in [0.25, 0.3) is 0 Å². The molecule has 2 heteroatoms. The molecule has 1 aliphatic carbocycles. The molecular weight excluding hydrogens is 112 g/mol. The molecule has 0 atom stereocenters. The maximum Gasteiger partial charge on any atom is 0.0307 e. The van der Waals surface area contributed by atoms with E-state index in [2.05, 4.69) is 10.6 Å². The molecule has 2 aliphatic rings. The van der Waals surface area contributed by atoms with Crippen molar-refractivity contribution in [3.05, 3.63) is 0 Å². The van der Waals surface area contributed by atoms with E-state index in [1.807, 2.05) is 0 Å². The molecule has 2 fully saturated rings. The Hall–Kier alpha value is -0.0800. The van der Waals surface area contributed by atoms with E-state index < -0.39 is 0 Å². The van der Waals surface area contributed by atoms with E-state index in [1.165, 1.54) is 38.9 Å². The largest absolute Gasteiger partial charge is 0.315 e. The fraction of sp³-hybridized carbons (Fsp3) is 1.00. The Morgan fingerprint density at radius 2 is 2.00 bits per heavy atom. The predicted octanol–water partition coefficient (Wildman–Crippen LogP) is 0.102. The van der Waals surface area contributed by atoms with Gasteiger partial charge in [0.15, 0.2) is 0 Å². The molecule has 1 spiro atoms. The molecule has 2 N–H and O–H groups in total. The van der Waals surface area contributed by atoms with Gasteiger partial charge in [-0.2, -0.15) is 0 Å². The van der Waals surface area contributed by atoms with Gasteiger partial charge in [0, 0.05) is 12.1 Å². The first-order valence-electron chi connectivity index (χ1n) is 3.87. The molecule has 52 valence electrons. The Bertz CT molecular complexity index is 97.5. The SMILES string of the molecule is C1CNCC2(CC2)NC1. The van der Waals surface area contributed by atoms with Gasteiger partial charge in [0.25, 0.3) is 0 Å². The summed E-state index contributed by atoms with van der Waals surface area (Å²) in [5.41, 5.74) is 0.552. The Kier molecular flexibility index (Phi) is 1.24. The Morgan fingerprint density at radius 1 is 1.11 bits per heavy atom. The Morgan fingerprint density at radius 3 is 2.78 bits per heavy atom. The van der Waals surface area contributed by atoms with Crippen molar-refractivity contribution in [3.8, 4) is 0 Å². The third-order valence-electron chi connectivity index (χ3n) is 2.35. The van der Waals surface area contributed by atoms with E-state index in [1.54, 1.807) is 0 Å². The second-order valence-electron chi connectivity index (χ2n) is 3.24. The lowest BCUT2D eigenvalue weighted by Crippen LogP contribution is -2.37. The van der Waals surface area contributed by atoms with Crippen molar-refractivity contribution in [1.82, 2.24) is 10.6 Å². The summed E-state index contributed by atoms with van der Waals surface area (Å²) in [6.45, 7) is 3.62. The minimum atomic E-state index is 0.552. The summed E-state index contributed by atoms with van der Waals surface area (Å²) in [7, 11) is 0. The zero-order chi connectivity index (χ0) is 6.16. The van der Waals surface area contributed by atoms with E-state index in [0.717, 1.165) is 0 Å². The zero-order valence-electron chi connectivity index (χ0n) is 5.74. The van der Waals surface area contributed by atoms with Gasteiger partial charge in [-0.15, -0.1) is 0 Å². The topological polar surface area (TPSA) is 24.1 Å². The third kappa shape index (κ3) is 1.10. The molecular formula is C7H14N2. The molecule has 2 rings (SSSR count). The summed E-state index contributed by atoms with van der Waals surface area (Å²) >= 11 is 0. The molecule has 1 aliphatic heterocycles. The molecule has 0 aromatic rings. The van der Waals surface area contributed by atoms with Crippen LogP contribution in [0.5, 0.6) is 0 Å². The van der Waals surface area contributed by atoms with Crippen molar-refractivity contribution >= 4 is 0 Å². The van der Waals surface area contributed by atoms with Crippen molar-refractivity contribution in [2.75, 3.05) is 19.6 Å². The molecule has 1 heterocycles. The number of rotatable bonds is 0. The summed E-state index contributed by atoms with van der Waals surface area (Å²) in [6, 6.07) is 0. The van der Waals surface area contributed by atoms with Gasteiger partial charge in [0.05, 0.1) is 0 Å². The molecule has 2 nitrogen and oxygen atoms in total. The fourth-order valence-electron chi connectivity index (χ4n) is 1.46. The summed E-state index contributed by atoms with van der Waals surface area (Å²) in [5.74, 6) is 0. The summed E-state index contributed by atoms with van der Waals surface area (Å²) in [4.78, 5) is 0. The zero-order valence-corrected chi connectivity index (χ0v) is 5.74. The quantitative estimate of drug-likeness (QED) is 0.481. The number of hydrogen-bond acceptors (Lipinski definition) is 2. The first kappa shape index (κ1) is 5.69. The van der Waals surface area contributed by atoms with Gasteiger partial charge in [-0.3, -0.25) is 0 Å². The molecule has 0 bridgehead atoms. The van der Waals surface area contributed by atoms with Gasteiger partial charge in [-0.05, 0) is 32.4 Å². The van der Waals surface area contributed by atoms with Crippen LogP contribution in [0, 0.1) is 0 Å². The van der Waals surface area contributed by atoms with Gasteiger partial charge in [0.1, 0.15) is 0 Å². The van der Waals surface area contributed by atoms with Gasteiger partial charge >= 0.3 is 0 Å². The summed E-state index contributed by atoms with van der Waals surface area (Å²) < 4.78 is 0. The summed E-state index contributed by atoms with van der Waals surface area (Å²) in [6.07, 6.45) is 4.07. The monoisotopic (exact) mass is 126 g/mol. The average molecular weight is 126 g/mol. The molecule has 9 heavy (non-hydrogen) atoms. The van der Waals surface area contributed by atoms with Crippen molar-refractivity contribution in [1.29, 1.82) is 0 Å². The molecule has 1 saturated carbocycles. The lowest BCUT2D eigenvalue weighted by atomic mass is 10.3. The second-order valence-corrected chi connectivity index (χ2v) is 3.24. The normalized spacial score (nSPS) is 32.0. The average Bonchev–Trinajstić information content (AvgIpc) is 2.64. The molecule has 0 unspecified atom stereocenters. The van der Waals surface area contributed by atoms with E-state index >= 15 is 0 Å². The number of nitrogens with one attached hydrogen (secondary N) is 2. The van der Waals surface area contributed by atoms with Crippen LogP contribution in [0.2, 0.25) is 0 Å². The van der Waals surface area contributed by atoms with Crippen molar-refractivity contribution in [3.63, 3.8) is 0 Å². The molecule has 0 aromatic carbocycles. The lowest BCUT2D eigenvalue weighted by Gasteiger charge is -2.11. The van der Waals surface area contributed by atoms with Gasteiger partial charge < -0.3 is 10.6 Å². The van der Waals surface area contributed by atoms with Gasteiger partial charge in [-0.25, -0.2) is 0 Å². The third-order valence-corrected chi connectivity index (χ3v) is 2.35. The van der Waals surface area contributed by atoms with Crippen LogP contribution in [0.1, 0.15) is 19.3 Å². The van der Waals surface area contributed by atoms with Crippen molar-refractivity contribution in [2.24, 2.45) is 0 Å². The number of hydrogen-bond donors (Lipinski definition) is 2. The Balaban J connectivity index is 1.92. The molecule has 0 aromatic heterocycles. The van der Waals surface area contributed by atoms with Crippen LogP contribution < -0.4 is 10.6 Å². The fourth-order valence-corrected chi connectivity index (χ4v) is 1.46. The highest BCUT2D eigenvalue weighted by molar-refractivity contribution is 5.04. The van der Waals surface area contributed by atoms with E-state index in [9.17, 15) is 0 Å². The second kappa shape index (κ2) is 1.96. The van der Waals surface area contributed by atoms with Crippen LogP contribution >= 0.6 is 0 Å². The van der Waals surface area contributed by atoms with Crippen LogP contribution in [-0.4, -0.2) is 25.2 Å². The van der Waals surface area contributed by atoms with Gasteiger partial charge in [0.2, 0.25) is 0 Å². The first-order chi connectivity index (χ1) is 4.41. The van der Waals surface area contributed by atoms with Crippen LogP contribution in [0.4, 0.5) is 0 Å². The van der Waals surface area contributed by atoms with Gasteiger partial charge in [-0.1, -0.05) is 0 Å². The first-order valence-corrected chi connectivity index (χ1v) is 3.87. The van der Waals surface area contributed by atoms with Crippen LogP contribution in [0.15, 0.2) is 0 Å². The highest BCUT2D eigenvalue weighted by Gasteiger charge is 2.41. The minimum Gasteiger partial charge on any atom is -0.315 e. The summed E-state index contributed by atoms with van der Waals surface area (Å²) in [5, 5.41) is 7.01. The predicted molar refractivity (Wildman–Crippen MR) is 37.5 cm³/mol. The van der Waals surface area contributed by atoms with Crippen molar-refractivity contribution in [2.45, 2.75) is 24.8 Å². The standard InChI is InChI=1S/C7H14N2/c1-4-8-6-7(2-3-7)9-5-1/h8-9H,1-6H2. The molecule has 0 radical (unpaired) electrons. The Labute approximate surface area is 56.0 Å². The maximum atomic E-state index is 3.57. The smallest absolute Gasteiger partial charge is 0.0307 e. The van der Waals surface area contributed by atoms with Crippen LogP contribution in [-0.2, 0) is 0 Å². The molecule has 1 saturated heterocycles. The minimum absolute atomic E-state index is 0.552. The highest BCUT2D eigenvalue weighted by atomic mass is 15.1. The molecule has 0 amide bonds. The lowest BCUT2D eigenvalue weighted by molar-refractivity contribution is 0.515. The van der Waals surface area contributed by atoms with E-state index in [0.29, 0.717) is 5.54 Å². The maximum absolute atomic E-state index is 3.57.